The number of hydrogen-bond donors (Lipinski definition) is 2. The van der Waals surface area contributed by atoms with Gasteiger partial charge in [0.2, 0.25) is 5.95 Å². The molecule has 0 unspecified atom stereocenters. The lowest BCUT2D eigenvalue weighted by molar-refractivity contribution is 0.197. The normalized spacial score (nSPS) is 10.7. The van der Waals surface area contributed by atoms with Crippen molar-refractivity contribution in [3.63, 3.8) is 0 Å². The van der Waals surface area contributed by atoms with Crippen molar-refractivity contribution in [1.82, 2.24) is 15.2 Å². The molecule has 6 heteroatoms. The molecule has 1 aromatic rings. The molecule has 0 aromatic carbocycles. The first-order chi connectivity index (χ1) is 8.72. The quantitative estimate of drug-likeness (QED) is 0.654. The van der Waals surface area contributed by atoms with Crippen molar-refractivity contribution >= 4 is 11.8 Å². The second kappa shape index (κ2) is 8.63. The highest BCUT2D eigenvalue weighted by Crippen LogP contribution is 2.05. The summed E-state index contributed by atoms with van der Waals surface area (Å²) >= 11 is 0. The van der Waals surface area contributed by atoms with Crippen LogP contribution in [0.3, 0.4) is 0 Å². The van der Waals surface area contributed by atoms with Gasteiger partial charge in [0, 0.05) is 26.8 Å². The first-order valence-electron chi connectivity index (χ1n) is 6.38. The number of aromatic nitrogens is 3. The molecule has 0 aliphatic rings. The number of ether oxygens (including phenoxy) is 1. The minimum Gasteiger partial charge on any atom is -0.385 e. The highest BCUT2D eigenvalue weighted by Gasteiger charge is 2.00. The molecule has 0 bridgehead atoms. The number of nitrogens with one attached hydrogen (secondary N) is 2. The van der Waals surface area contributed by atoms with Gasteiger partial charge in [-0.3, -0.25) is 0 Å². The molecule has 2 N–H and O–H groups in total. The second-order valence-corrected chi connectivity index (χ2v) is 4.55. The molecule has 0 aliphatic heterocycles. The Morgan fingerprint density at radius 2 is 2.11 bits per heavy atom. The molecule has 18 heavy (non-hydrogen) atoms. The van der Waals surface area contributed by atoms with Gasteiger partial charge in [-0.15, -0.1) is 5.10 Å². The van der Waals surface area contributed by atoms with Gasteiger partial charge in [-0.05, 0) is 18.8 Å². The molecule has 102 valence electrons. The Kier molecular flexibility index (Phi) is 7.01. The maximum atomic E-state index is 4.98. The molecule has 6 nitrogen and oxygen atoms in total. The van der Waals surface area contributed by atoms with E-state index in [-0.39, 0.29) is 0 Å². The fourth-order valence-electron chi connectivity index (χ4n) is 1.37. The van der Waals surface area contributed by atoms with Gasteiger partial charge < -0.3 is 15.4 Å². The summed E-state index contributed by atoms with van der Waals surface area (Å²) in [6.45, 7) is 6.80. The Balaban J connectivity index is 2.32. The Morgan fingerprint density at radius 3 is 2.83 bits per heavy atom. The topological polar surface area (TPSA) is 72.0 Å². The van der Waals surface area contributed by atoms with Crippen molar-refractivity contribution < 1.29 is 4.74 Å². The van der Waals surface area contributed by atoms with Gasteiger partial charge in [-0.2, -0.15) is 10.1 Å². The van der Waals surface area contributed by atoms with Gasteiger partial charge in [0.05, 0.1) is 6.20 Å². The third-order valence-corrected chi connectivity index (χ3v) is 2.39. The van der Waals surface area contributed by atoms with E-state index in [9.17, 15) is 0 Å². The van der Waals surface area contributed by atoms with Crippen LogP contribution in [0.25, 0.3) is 0 Å². The Morgan fingerprint density at radius 1 is 1.28 bits per heavy atom. The zero-order valence-electron chi connectivity index (χ0n) is 11.4. The van der Waals surface area contributed by atoms with Crippen LogP contribution in [0.1, 0.15) is 26.7 Å². The largest absolute Gasteiger partial charge is 0.385 e. The van der Waals surface area contributed by atoms with Gasteiger partial charge in [-0.1, -0.05) is 13.8 Å². The highest BCUT2D eigenvalue weighted by molar-refractivity contribution is 5.36. The summed E-state index contributed by atoms with van der Waals surface area (Å²) in [6, 6.07) is 0. The van der Waals surface area contributed by atoms with Crippen LogP contribution in [0.2, 0.25) is 0 Å². The van der Waals surface area contributed by atoms with Crippen LogP contribution in [-0.4, -0.2) is 42.0 Å². The van der Waals surface area contributed by atoms with Crippen LogP contribution < -0.4 is 10.6 Å². The summed E-state index contributed by atoms with van der Waals surface area (Å²) in [6.07, 6.45) is 3.66. The smallest absolute Gasteiger partial charge is 0.244 e. The van der Waals surface area contributed by atoms with Crippen LogP contribution in [-0.2, 0) is 4.74 Å². The molecule has 1 heterocycles. The van der Waals surface area contributed by atoms with E-state index in [0.29, 0.717) is 11.9 Å². The molecule has 1 rings (SSSR count). The molecule has 1 aromatic heterocycles. The molecule has 0 saturated carbocycles. The SMILES string of the molecule is COCCCNc1cnnc(NCCC(C)C)n1. The van der Waals surface area contributed by atoms with E-state index in [2.05, 4.69) is 39.7 Å². The summed E-state index contributed by atoms with van der Waals surface area (Å²) in [5.74, 6) is 1.99. The van der Waals surface area contributed by atoms with Gasteiger partial charge in [0.25, 0.3) is 0 Å². The van der Waals surface area contributed by atoms with Crippen molar-refractivity contribution in [2.24, 2.45) is 5.92 Å². The summed E-state index contributed by atoms with van der Waals surface area (Å²) in [5, 5.41) is 14.2. The van der Waals surface area contributed by atoms with Crippen LogP contribution in [0.15, 0.2) is 6.20 Å². The molecular weight excluding hydrogens is 230 g/mol. The summed E-state index contributed by atoms with van der Waals surface area (Å²) in [7, 11) is 1.70. The molecule has 0 amide bonds. The number of methoxy groups -OCH3 is 1. The van der Waals surface area contributed by atoms with Gasteiger partial charge in [0.15, 0.2) is 5.82 Å². The van der Waals surface area contributed by atoms with E-state index in [4.69, 9.17) is 4.74 Å². The van der Waals surface area contributed by atoms with Crippen LogP contribution in [0.4, 0.5) is 11.8 Å². The maximum Gasteiger partial charge on any atom is 0.244 e. The molecule has 0 saturated heterocycles. The predicted molar refractivity (Wildman–Crippen MR) is 72.8 cm³/mol. The van der Waals surface area contributed by atoms with E-state index < -0.39 is 0 Å². The predicted octanol–water partition coefficient (Wildman–Crippen LogP) is 1.78. The first-order valence-corrected chi connectivity index (χ1v) is 6.38. The third-order valence-electron chi connectivity index (χ3n) is 2.39. The lowest BCUT2D eigenvalue weighted by atomic mass is 10.1. The molecular formula is C12H23N5O. The lowest BCUT2D eigenvalue weighted by Gasteiger charge is -2.08. The molecule has 0 atom stereocenters. The standard InChI is InChI=1S/C12H23N5O/c1-10(2)5-7-14-12-16-11(9-15-17-12)13-6-4-8-18-3/h9-10H,4-8H2,1-3H3,(H2,13,14,16,17). The molecule has 0 aliphatic carbocycles. The van der Waals surface area contributed by atoms with E-state index in [1.807, 2.05) is 0 Å². The van der Waals surface area contributed by atoms with E-state index in [1.54, 1.807) is 13.3 Å². The minimum absolute atomic E-state index is 0.576. The van der Waals surface area contributed by atoms with Crippen LogP contribution >= 0.6 is 0 Å². The first kappa shape index (κ1) is 14.6. The number of anilines is 2. The fourth-order valence-corrected chi connectivity index (χ4v) is 1.37. The summed E-state index contributed by atoms with van der Waals surface area (Å²) in [5.41, 5.74) is 0. The van der Waals surface area contributed by atoms with E-state index in [1.165, 1.54) is 0 Å². The Bertz CT molecular complexity index is 332. The van der Waals surface area contributed by atoms with E-state index >= 15 is 0 Å². The van der Waals surface area contributed by atoms with Crippen molar-refractivity contribution in [2.75, 3.05) is 37.4 Å². The zero-order valence-corrected chi connectivity index (χ0v) is 11.4. The number of hydrogen-bond acceptors (Lipinski definition) is 6. The molecule has 0 spiro atoms. The molecule has 0 fully saturated rings. The van der Waals surface area contributed by atoms with Crippen LogP contribution in [0, 0.1) is 5.92 Å². The molecule has 0 radical (unpaired) electrons. The second-order valence-electron chi connectivity index (χ2n) is 4.55. The Hall–Kier alpha value is -1.43. The fraction of sp³-hybridized carbons (Fsp3) is 0.750. The van der Waals surface area contributed by atoms with Gasteiger partial charge in [-0.25, -0.2) is 0 Å². The van der Waals surface area contributed by atoms with Crippen molar-refractivity contribution in [2.45, 2.75) is 26.7 Å². The summed E-state index contributed by atoms with van der Waals surface area (Å²) < 4.78 is 4.98. The van der Waals surface area contributed by atoms with Crippen molar-refractivity contribution in [1.29, 1.82) is 0 Å². The number of nitrogens with zero attached hydrogens (tertiary/aromatic N) is 3. The van der Waals surface area contributed by atoms with Crippen molar-refractivity contribution in [3.8, 4) is 0 Å². The average Bonchev–Trinajstić information content (AvgIpc) is 2.35. The Labute approximate surface area is 109 Å². The maximum absolute atomic E-state index is 4.98. The lowest BCUT2D eigenvalue weighted by Crippen LogP contribution is -2.11. The zero-order chi connectivity index (χ0) is 13.2. The average molecular weight is 253 g/mol. The monoisotopic (exact) mass is 253 g/mol. The van der Waals surface area contributed by atoms with E-state index in [0.717, 1.165) is 38.4 Å². The van der Waals surface area contributed by atoms with Gasteiger partial charge >= 0.3 is 0 Å². The highest BCUT2D eigenvalue weighted by atomic mass is 16.5. The third kappa shape index (κ3) is 6.34. The summed E-state index contributed by atoms with van der Waals surface area (Å²) in [4.78, 5) is 4.33. The van der Waals surface area contributed by atoms with Gasteiger partial charge in [0.1, 0.15) is 0 Å². The van der Waals surface area contributed by atoms with Crippen molar-refractivity contribution in [3.05, 3.63) is 6.20 Å². The van der Waals surface area contributed by atoms with Crippen LogP contribution in [0.5, 0.6) is 0 Å². The number of rotatable bonds is 9. The minimum atomic E-state index is 0.576.